The number of furan rings is 1. The number of hydrogen-bond donors (Lipinski definition) is 1. The van der Waals surface area contributed by atoms with Crippen LogP contribution in [0.5, 0.6) is 11.5 Å². The molecule has 1 amide bonds. The zero-order valence-corrected chi connectivity index (χ0v) is 16.1. The molecule has 2 aliphatic heterocycles. The molecule has 1 fully saturated rings. The number of carbonyl (C=O) groups excluding carboxylic acids is 2. The van der Waals surface area contributed by atoms with E-state index < -0.39 is 17.7 Å². The van der Waals surface area contributed by atoms with E-state index in [4.69, 9.17) is 25.5 Å². The van der Waals surface area contributed by atoms with Crippen LogP contribution in [-0.4, -0.2) is 23.6 Å². The van der Waals surface area contributed by atoms with E-state index in [-0.39, 0.29) is 18.1 Å². The number of benzene rings is 2. The lowest BCUT2D eigenvalue weighted by molar-refractivity contribution is -0.132. The fourth-order valence-electron chi connectivity index (χ4n) is 3.62. The van der Waals surface area contributed by atoms with Crippen LogP contribution in [0.4, 0.5) is 5.69 Å². The van der Waals surface area contributed by atoms with E-state index in [1.165, 1.54) is 11.2 Å². The van der Waals surface area contributed by atoms with Gasteiger partial charge in [0.05, 0.1) is 11.8 Å². The first-order valence-electron chi connectivity index (χ1n) is 9.04. The molecule has 0 saturated carbocycles. The monoisotopic (exact) mass is 423 g/mol. The van der Waals surface area contributed by atoms with Gasteiger partial charge in [-0.25, -0.2) is 0 Å². The Hall–Kier alpha value is -3.71. The van der Waals surface area contributed by atoms with Crippen LogP contribution in [0, 0.1) is 0 Å². The fraction of sp³-hybridized carbons (Fsp3) is 0.0909. The van der Waals surface area contributed by atoms with Crippen LogP contribution in [0.2, 0.25) is 5.02 Å². The molecule has 1 N–H and O–H groups in total. The van der Waals surface area contributed by atoms with E-state index in [0.717, 1.165) is 0 Å². The molecule has 0 bridgehead atoms. The Bertz CT molecular complexity index is 1180. The van der Waals surface area contributed by atoms with Gasteiger partial charge in [0.1, 0.15) is 17.6 Å². The van der Waals surface area contributed by atoms with Crippen LogP contribution < -0.4 is 14.4 Å². The van der Waals surface area contributed by atoms with Gasteiger partial charge in [-0.15, -0.1) is 0 Å². The molecule has 2 aromatic carbocycles. The molecule has 7 nitrogen and oxygen atoms in total. The summed E-state index contributed by atoms with van der Waals surface area (Å²) < 4.78 is 16.2. The molecule has 1 atom stereocenters. The van der Waals surface area contributed by atoms with Crippen molar-refractivity contribution in [3.8, 4) is 11.5 Å². The lowest BCUT2D eigenvalue weighted by atomic mass is 9.99. The van der Waals surface area contributed by atoms with Gasteiger partial charge < -0.3 is 19.0 Å². The number of halogens is 1. The second kappa shape index (κ2) is 6.96. The number of ether oxygens (including phenoxy) is 2. The van der Waals surface area contributed by atoms with Crippen molar-refractivity contribution in [2.45, 2.75) is 6.04 Å². The van der Waals surface area contributed by atoms with Gasteiger partial charge in [-0.05, 0) is 54.6 Å². The maximum Gasteiger partial charge on any atom is 0.300 e. The quantitative estimate of drug-likeness (QED) is 0.384. The minimum absolute atomic E-state index is 0.0763. The van der Waals surface area contributed by atoms with Crippen molar-refractivity contribution in [2.24, 2.45) is 0 Å². The minimum Gasteiger partial charge on any atom is -0.507 e. The number of Topliss-reactive ketones (excluding diaryl/α,β-unsaturated/α-hetero) is 1. The molecule has 2 aliphatic rings. The first kappa shape index (κ1) is 18.3. The summed E-state index contributed by atoms with van der Waals surface area (Å²) in [5.41, 5.74) is 0.696. The number of amides is 1. The van der Waals surface area contributed by atoms with Crippen molar-refractivity contribution in [1.29, 1.82) is 0 Å². The molecule has 1 aromatic heterocycles. The molecule has 0 spiro atoms. The third-order valence-corrected chi connectivity index (χ3v) is 5.26. The Balaban J connectivity index is 1.68. The molecule has 8 heteroatoms. The van der Waals surface area contributed by atoms with Crippen molar-refractivity contribution in [2.75, 3.05) is 11.7 Å². The molecule has 0 radical (unpaired) electrons. The standard InChI is InChI=1S/C22H14ClNO6/c23-13-4-6-14(7-5-13)24-19(16-2-1-9-28-16)18(21(26)22(24)27)20(25)12-3-8-15-17(10-12)30-11-29-15/h1-10,19,25H,11H2/b20-18-. The van der Waals surface area contributed by atoms with Crippen molar-refractivity contribution >= 4 is 34.7 Å². The highest BCUT2D eigenvalue weighted by Gasteiger charge is 2.48. The van der Waals surface area contributed by atoms with E-state index >= 15 is 0 Å². The summed E-state index contributed by atoms with van der Waals surface area (Å²) in [6.07, 6.45) is 1.44. The largest absolute Gasteiger partial charge is 0.507 e. The molecule has 30 heavy (non-hydrogen) atoms. The summed E-state index contributed by atoms with van der Waals surface area (Å²) in [5.74, 6) is -0.602. The molecular formula is C22H14ClNO6. The highest BCUT2D eigenvalue weighted by molar-refractivity contribution is 6.51. The second-order valence-electron chi connectivity index (χ2n) is 6.73. The van der Waals surface area contributed by atoms with Crippen LogP contribution in [0.15, 0.2) is 70.9 Å². The van der Waals surface area contributed by atoms with Crippen molar-refractivity contribution in [1.82, 2.24) is 0 Å². The summed E-state index contributed by atoms with van der Waals surface area (Å²) in [4.78, 5) is 27.2. The van der Waals surface area contributed by atoms with E-state index in [0.29, 0.717) is 33.5 Å². The van der Waals surface area contributed by atoms with Crippen molar-refractivity contribution < 1.29 is 28.6 Å². The lowest BCUT2D eigenvalue weighted by Gasteiger charge is -2.23. The maximum absolute atomic E-state index is 13.0. The summed E-state index contributed by atoms with van der Waals surface area (Å²) in [7, 11) is 0. The van der Waals surface area contributed by atoms with E-state index in [2.05, 4.69) is 0 Å². The number of aliphatic hydroxyl groups is 1. The third-order valence-electron chi connectivity index (χ3n) is 5.01. The topological polar surface area (TPSA) is 89.2 Å². The Labute approximate surface area is 175 Å². The van der Waals surface area contributed by atoms with Gasteiger partial charge in [-0.2, -0.15) is 0 Å². The number of fused-ring (bicyclic) bond motifs is 1. The normalized spacial score (nSPS) is 19.5. The average Bonchev–Trinajstić information content (AvgIpc) is 3.48. The molecular weight excluding hydrogens is 410 g/mol. The predicted molar refractivity (Wildman–Crippen MR) is 108 cm³/mol. The van der Waals surface area contributed by atoms with Gasteiger partial charge >= 0.3 is 0 Å². The van der Waals surface area contributed by atoms with Crippen LogP contribution >= 0.6 is 11.6 Å². The molecule has 5 rings (SSSR count). The maximum atomic E-state index is 13.0. The predicted octanol–water partition coefficient (Wildman–Crippen LogP) is 4.29. The number of rotatable bonds is 3. The zero-order chi connectivity index (χ0) is 20.8. The first-order chi connectivity index (χ1) is 14.5. The summed E-state index contributed by atoms with van der Waals surface area (Å²) in [6, 6.07) is 13.6. The van der Waals surface area contributed by atoms with Gasteiger partial charge in [0.15, 0.2) is 11.5 Å². The van der Waals surface area contributed by atoms with Gasteiger partial charge in [0.25, 0.3) is 11.7 Å². The van der Waals surface area contributed by atoms with Gasteiger partial charge in [-0.1, -0.05) is 11.6 Å². The average molecular weight is 424 g/mol. The van der Waals surface area contributed by atoms with Gasteiger partial charge in [0.2, 0.25) is 6.79 Å². The molecule has 3 aromatic rings. The Morgan fingerprint density at radius 2 is 1.80 bits per heavy atom. The molecule has 1 unspecified atom stereocenters. The Morgan fingerprint density at radius 1 is 1.03 bits per heavy atom. The summed E-state index contributed by atoms with van der Waals surface area (Å²) in [5, 5.41) is 11.5. The third kappa shape index (κ3) is 2.83. The lowest BCUT2D eigenvalue weighted by Crippen LogP contribution is -2.29. The number of nitrogens with zero attached hydrogens (tertiary/aromatic N) is 1. The van der Waals surface area contributed by atoms with Crippen molar-refractivity contribution in [3.63, 3.8) is 0 Å². The highest BCUT2D eigenvalue weighted by Crippen LogP contribution is 2.43. The van der Waals surface area contributed by atoms with Gasteiger partial charge in [-0.3, -0.25) is 14.5 Å². The minimum atomic E-state index is -0.938. The number of aliphatic hydroxyl groups excluding tert-OH is 1. The molecule has 150 valence electrons. The summed E-state index contributed by atoms with van der Waals surface area (Å²) in [6.45, 7) is 0.0763. The zero-order valence-electron chi connectivity index (χ0n) is 15.4. The number of carbonyl (C=O) groups is 2. The van der Waals surface area contributed by atoms with Crippen LogP contribution in [-0.2, 0) is 9.59 Å². The van der Waals surface area contributed by atoms with E-state index in [1.807, 2.05) is 0 Å². The molecule has 1 saturated heterocycles. The second-order valence-corrected chi connectivity index (χ2v) is 7.17. The fourth-order valence-corrected chi connectivity index (χ4v) is 3.74. The van der Waals surface area contributed by atoms with Crippen LogP contribution in [0.25, 0.3) is 5.76 Å². The molecule has 3 heterocycles. The van der Waals surface area contributed by atoms with Crippen LogP contribution in [0.3, 0.4) is 0 Å². The smallest absolute Gasteiger partial charge is 0.300 e. The highest BCUT2D eigenvalue weighted by atomic mass is 35.5. The van der Waals surface area contributed by atoms with Gasteiger partial charge in [0, 0.05) is 16.3 Å². The van der Waals surface area contributed by atoms with Crippen molar-refractivity contribution in [3.05, 3.63) is 82.8 Å². The van der Waals surface area contributed by atoms with E-state index in [1.54, 1.807) is 54.6 Å². The first-order valence-corrected chi connectivity index (χ1v) is 9.42. The van der Waals surface area contributed by atoms with E-state index in [9.17, 15) is 14.7 Å². The Morgan fingerprint density at radius 3 is 2.53 bits per heavy atom. The van der Waals surface area contributed by atoms with Crippen LogP contribution in [0.1, 0.15) is 17.4 Å². The SMILES string of the molecule is O=C1C(=O)N(c2ccc(Cl)cc2)C(c2ccco2)/C1=C(/O)c1ccc2c(c1)OCO2. The number of anilines is 1. The number of hydrogen-bond acceptors (Lipinski definition) is 6. The summed E-state index contributed by atoms with van der Waals surface area (Å²) >= 11 is 5.96. The number of ketones is 1. The molecule has 0 aliphatic carbocycles. The Kier molecular flexibility index (Phi) is 4.25.